The molecule has 0 spiro atoms. The first-order valence-corrected chi connectivity index (χ1v) is 17.2. The number of pyridine rings is 1. The topological polar surface area (TPSA) is 211 Å². The standard InChI is InChI=1S/C30H29F3N8O8S2/c1-48-38-19(17-12-51-30(34)36-17)25(43)37-20-26(44)41-21(28(45)46)13(11-50-27(20)41)10-49-29(47)15-9-40(5-2-31)22-14(24(15)42)8-16(32)23(18(22)33)39-6-3-35-4-7-39/h8-9,12,20,27,35H,2-7,10-11H2,1H3,(H2,34,36)(H,37,43)(H,45,46)/b38-19-/t20-,27-/m1/s1. The highest BCUT2D eigenvalue weighted by Crippen LogP contribution is 2.40. The number of nitrogen functional groups attached to an aromatic ring is 1. The second kappa shape index (κ2) is 14.6. The number of halogens is 3. The number of amides is 2. The molecule has 51 heavy (non-hydrogen) atoms. The van der Waals surface area contributed by atoms with E-state index in [1.807, 2.05) is 0 Å². The quantitative estimate of drug-likeness (QED) is 0.0919. The zero-order chi connectivity index (χ0) is 36.6. The summed E-state index contributed by atoms with van der Waals surface area (Å²) < 4.78 is 51.0. The molecule has 5 heterocycles. The van der Waals surface area contributed by atoms with Gasteiger partial charge in [0.25, 0.3) is 11.8 Å². The maximum absolute atomic E-state index is 15.8. The van der Waals surface area contributed by atoms with E-state index >= 15 is 8.78 Å². The molecule has 0 aliphatic carbocycles. The number of nitrogens with one attached hydrogen (secondary N) is 2. The van der Waals surface area contributed by atoms with E-state index in [9.17, 15) is 33.5 Å². The third-order valence-electron chi connectivity index (χ3n) is 8.28. The number of carboxylic acids is 1. The summed E-state index contributed by atoms with van der Waals surface area (Å²) in [5.74, 6) is -6.56. The molecule has 2 fully saturated rings. The number of aryl methyl sites for hydroxylation is 1. The van der Waals surface area contributed by atoms with Crippen LogP contribution in [-0.4, -0.2) is 113 Å². The van der Waals surface area contributed by atoms with Crippen LogP contribution in [0.5, 0.6) is 0 Å². The Hall–Kier alpha value is -5.15. The van der Waals surface area contributed by atoms with Crippen LogP contribution in [0.15, 0.2) is 38.9 Å². The van der Waals surface area contributed by atoms with E-state index in [2.05, 4.69) is 20.8 Å². The Kier molecular flexibility index (Phi) is 10.2. The largest absolute Gasteiger partial charge is 0.477 e. The Bertz CT molecular complexity index is 2070. The van der Waals surface area contributed by atoms with Gasteiger partial charge >= 0.3 is 11.9 Å². The molecule has 0 unspecified atom stereocenters. The molecule has 2 saturated heterocycles. The minimum Gasteiger partial charge on any atom is -0.477 e. The summed E-state index contributed by atoms with van der Waals surface area (Å²) in [6.07, 6.45) is 0.917. The van der Waals surface area contributed by atoms with Crippen molar-refractivity contribution < 1.29 is 47.0 Å². The minimum atomic E-state index is -1.52. The number of ether oxygens (including phenoxy) is 1. The number of aliphatic carboxylic acids is 1. The van der Waals surface area contributed by atoms with Crippen molar-refractivity contribution in [1.82, 2.24) is 25.1 Å². The fourth-order valence-corrected chi connectivity index (χ4v) is 7.87. The molecule has 0 bridgehead atoms. The molecule has 270 valence electrons. The van der Waals surface area contributed by atoms with Crippen LogP contribution in [0.4, 0.5) is 24.0 Å². The molecular formula is C30H29F3N8O8S2. The van der Waals surface area contributed by atoms with Crippen molar-refractivity contribution in [2.45, 2.75) is 18.0 Å². The highest BCUT2D eigenvalue weighted by Gasteiger charge is 2.54. The number of esters is 1. The Morgan fingerprint density at radius 1 is 1.24 bits per heavy atom. The highest BCUT2D eigenvalue weighted by atomic mass is 32.2. The number of thioether (sulfide) groups is 1. The van der Waals surface area contributed by atoms with E-state index < -0.39 is 88.7 Å². The Balaban J connectivity index is 1.22. The van der Waals surface area contributed by atoms with Crippen LogP contribution < -0.4 is 26.7 Å². The van der Waals surface area contributed by atoms with E-state index in [4.69, 9.17) is 15.3 Å². The second-order valence-electron chi connectivity index (χ2n) is 11.3. The Morgan fingerprint density at radius 3 is 2.63 bits per heavy atom. The van der Waals surface area contributed by atoms with E-state index in [1.54, 1.807) is 0 Å². The first kappa shape index (κ1) is 35.7. The number of carbonyl (C=O) groups excluding carboxylic acids is 3. The van der Waals surface area contributed by atoms with Gasteiger partial charge in [0.2, 0.25) is 5.43 Å². The number of anilines is 2. The number of oxime groups is 1. The van der Waals surface area contributed by atoms with Crippen LogP contribution in [0.1, 0.15) is 16.1 Å². The third-order valence-corrected chi connectivity index (χ3v) is 10.3. The fraction of sp³-hybridized carbons (Fsp3) is 0.367. The number of carbonyl (C=O) groups is 4. The van der Waals surface area contributed by atoms with Gasteiger partial charge in [-0.3, -0.25) is 19.3 Å². The maximum atomic E-state index is 15.8. The average molecular weight is 751 g/mol. The lowest BCUT2D eigenvalue weighted by Crippen LogP contribution is -2.71. The number of alkyl halides is 1. The van der Waals surface area contributed by atoms with E-state index in [0.29, 0.717) is 13.1 Å². The number of aromatic nitrogens is 2. The SMILES string of the molecule is CO/N=C(\C(=O)N[C@@H]1C(=O)N2C(C(=O)O)=C(COC(=O)c3cn(CCF)c4c(F)c(N5CCNCC5)c(F)cc4c3=O)CS[C@H]12)c1csc(N)n1. The monoisotopic (exact) mass is 750 g/mol. The summed E-state index contributed by atoms with van der Waals surface area (Å²) in [5.41, 5.74) is 2.50. The number of nitrogens with zero attached hydrogens (tertiary/aromatic N) is 5. The van der Waals surface area contributed by atoms with E-state index in [-0.39, 0.29) is 52.2 Å². The molecule has 0 saturated carbocycles. The number of nitrogens with two attached hydrogens (primary N) is 1. The summed E-state index contributed by atoms with van der Waals surface area (Å²) in [4.78, 5) is 76.3. The number of rotatable bonds is 11. The summed E-state index contributed by atoms with van der Waals surface area (Å²) >= 11 is 2.12. The van der Waals surface area contributed by atoms with Gasteiger partial charge in [0, 0.05) is 49.1 Å². The van der Waals surface area contributed by atoms with Gasteiger partial charge in [0.15, 0.2) is 16.7 Å². The van der Waals surface area contributed by atoms with Gasteiger partial charge < -0.3 is 40.5 Å². The molecule has 2 atom stereocenters. The number of fused-ring (bicyclic) bond motifs is 2. The van der Waals surface area contributed by atoms with Crippen LogP contribution in [0.2, 0.25) is 0 Å². The molecule has 2 aromatic heterocycles. The van der Waals surface area contributed by atoms with E-state index in [1.165, 1.54) is 17.4 Å². The van der Waals surface area contributed by atoms with Crippen molar-refractivity contribution >= 4 is 74.3 Å². The predicted molar refractivity (Wildman–Crippen MR) is 179 cm³/mol. The Labute approximate surface area is 294 Å². The molecule has 5 N–H and O–H groups in total. The lowest BCUT2D eigenvalue weighted by atomic mass is 10.0. The number of hydrogen-bond acceptors (Lipinski definition) is 14. The summed E-state index contributed by atoms with van der Waals surface area (Å²) in [7, 11) is 1.21. The Morgan fingerprint density at radius 2 is 1.98 bits per heavy atom. The van der Waals surface area contributed by atoms with Crippen LogP contribution >= 0.6 is 23.1 Å². The highest BCUT2D eigenvalue weighted by molar-refractivity contribution is 8.00. The van der Waals surface area contributed by atoms with Gasteiger partial charge in [0.05, 0.1) is 17.4 Å². The molecule has 16 nitrogen and oxygen atoms in total. The number of benzene rings is 1. The van der Waals surface area contributed by atoms with Crippen molar-refractivity contribution in [3.8, 4) is 0 Å². The predicted octanol–water partition coefficient (Wildman–Crippen LogP) is 0.644. The van der Waals surface area contributed by atoms with Crippen LogP contribution in [0.25, 0.3) is 10.9 Å². The van der Waals surface area contributed by atoms with Crippen LogP contribution in [0.3, 0.4) is 0 Å². The number of thiazole rings is 1. The van der Waals surface area contributed by atoms with Gasteiger partial charge in [0.1, 0.15) is 60.3 Å². The lowest BCUT2D eigenvalue weighted by molar-refractivity contribution is -0.150. The van der Waals surface area contributed by atoms with Crippen molar-refractivity contribution in [3.63, 3.8) is 0 Å². The molecule has 3 aliphatic heterocycles. The van der Waals surface area contributed by atoms with Crippen molar-refractivity contribution in [3.05, 3.63) is 62.0 Å². The molecule has 3 aliphatic rings. The molecular weight excluding hydrogens is 722 g/mol. The molecule has 21 heteroatoms. The zero-order valence-electron chi connectivity index (χ0n) is 26.6. The zero-order valence-corrected chi connectivity index (χ0v) is 28.2. The normalized spacial score (nSPS) is 19.1. The summed E-state index contributed by atoms with van der Waals surface area (Å²) in [6.45, 7) is -0.649. The number of hydrogen-bond donors (Lipinski definition) is 4. The van der Waals surface area contributed by atoms with Gasteiger partial charge in [-0.25, -0.2) is 27.7 Å². The van der Waals surface area contributed by atoms with Crippen LogP contribution in [0, 0.1) is 11.6 Å². The van der Waals surface area contributed by atoms with Crippen molar-refractivity contribution in [2.24, 2.45) is 5.16 Å². The molecule has 6 rings (SSSR count). The summed E-state index contributed by atoms with van der Waals surface area (Å²) in [6, 6.07) is -0.355. The number of β-lactam (4-membered cyclic amide) rings is 1. The average Bonchev–Trinajstić information content (AvgIpc) is 3.54. The number of carboxylic acid groups (broad SMARTS) is 1. The van der Waals surface area contributed by atoms with Crippen LogP contribution in [-0.2, 0) is 30.5 Å². The molecule has 0 radical (unpaired) electrons. The minimum absolute atomic E-state index is 0.00238. The van der Waals surface area contributed by atoms with Crippen molar-refractivity contribution in [1.29, 1.82) is 0 Å². The third kappa shape index (κ3) is 6.58. The second-order valence-corrected chi connectivity index (χ2v) is 13.3. The summed E-state index contributed by atoms with van der Waals surface area (Å²) in [5, 5.41) is 19.5. The number of piperazine rings is 1. The molecule has 3 aromatic rings. The lowest BCUT2D eigenvalue weighted by Gasteiger charge is -2.49. The smallest absolute Gasteiger partial charge is 0.352 e. The van der Waals surface area contributed by atoms with Gasteiger partial charge in [-0.05, 0) is 6.07 Å². The molecule has 2 amide bonds. The van der Waals surface area contributed by atoms with Gasteiger partial charge in [-0.15, -0.1) is 23.1 Å². The van der Waals surface area contributed by atoms with Crippen molar-refractivity contribution in [2.75, 3.05) is 63.0 Å². The van der Waals surface area contributed by atoms with Gasteiger partial charge in [-0.2, -0.15) is 0 Å². The first-order chi connectivity index (χ1) is 24.5. The fourth-order valence-electron chi connectivity index (χ4n) is 5.99. The maximum Gasteiger partial charge on any atom is 0.352 e. The first-order valence-electron chi connectivity index (χ1n) is 15.2. The van der Waals surface area contributed by atoms with Gasteiger partial charge in [-0.1, -0.05) is 5.16 Å². The molecule has 1 aromatic carbocycles. The van der Waals surface area contributed by atoms with E-state index in [0.717, 1.165) is 44.8 Å².